The number of anilines is 1. The Morgan fingerprint density at radius 3 is 2.35 bits per heavy atom. The highest BCUT2D eigenvalue weighted by molar-refractivity contribution is 6.91. The van der Waals surface area contributed by atoms with E-state index in [0.717, 1.165) is 17.7 Å². The van der Waals surface area contributed by atoms with Crippen LogP contribution in [-0.4, -0.2) is 35.3 Å². The van der Waals surface area contributed by atoms with Gasteiger partial charge in [-0.05, 0) is 47.9 Å². The Hall–Kier alpha value is -3.39. The van der Waals surface area contributed by atoms with E-state index in [2.05, 4.69) is 24.5 Å². The van der Waals surface area contributed by atoms with Crippen molar-refractivity contribution in [3.8, 4) is 28.9 Å². The lowest BCUT2D eigenvalue weighted by atomic mass is 10.0. The third-order valence-electron chi connectivity index (χ3n) is 6.31. The zero-order valence-electron chi connectivity index (χ0n) is 20.5. The van der Waals surface area contributed by atoms with Crippen LogP contribution < -0.4 is 29.5 Å². The maximum atomic E-state index is 12.9. The van der Waals surface area contributed by atoms with Crippen LogP contribution in [0.2, 0.25) is 19.1 Å². The molecule has 0 saturated heterocycles. The van der Waals surface area contributed by atoms with E-state index in [1.807, 2.05) is 6.92 Å². The van der Waals surface area contributed by atoms with Crippen molar-refractivity contribution in [1.29, 1.82) is 0 Å². The van der Waals surface area contributed by atoms with Crippen LogP contribution in [-0.2, 0) is 6.42 Å². The van der Waals surface area contributed by atoms with Crippen LogP contribution in [0.25, 0.3) is 0 Å². The molecular formula is C26H31NO6Si. The number of aryl methyl sites for hydroxylation is 2. The van der Waals surface area contributed by atoms with E-state index < -0.39 is 14.0 Å². The van der Waals surface area contributed by atoms with Crippen molar-refractivity contribution in [3.05, 3.63) is 53.3 Å². The number of amides is 1. The molecule has 0 spiro atoms. The van der Waals surface area contributed by atoms with Crippen molar-refractivity contribution < 1.29 is 28.2 Å². The summed E-state index contributed by atoms with van der Waals surface area (Å²) in [5.41, 5.74) is 2.76. The summed E-state index contributed by atoms with van der Waals surface area (Å²) < 4.78 is 28.5. The van der Waals surface area contributed by atoms with Gasteiger partial charge in [0.1, 0.15) is 17.2 Å². The molecule has 180 valence electrons. The second-order valence-electron chi connectivity index (χ2n) is 9.04. The zero-order valence-corrected chi connectivity index (χ0v) is 21.5. The highest BCUT2D eigenvalue weighted by atomic mass is 28.3. The van der Waals surface area contributed by atoms with Gasteiger partial charge in [-0.2, -0.15) is 0 Å². The first-order valence-corrected chi connectivity index (χ1v) is 14.5. The molecule has 1 aliphatic heterocycles. The topological polar surface area (TPSA) is 79.2 Å². The molecule has 0 bridgehead atoms. The summed E-state index contributed by atoms with van der Waals surface area (Å²) in [4.78, 5) is 12.9. The van der Waals surface area contributed by atoms with E-state index in [0.29, 0.717) is 22.9 Å². The molecule has 0 saturated carbocycles. The number of hydrogen-bond donors (Lipinski definition) is 1. The van der Waals surface area contributed by atoms with Gasteiger partial charge in [0.25, 0.3) is 11.9 Å². The van der Waals surface area contributed by atoms with E-state index in [4.69, 9.17) is 23.4 Å². The maximum absolute atomic E-state index is 12.9. The summed E-state index contributed by atoms with van der Waals surface area (Å²) in [6.45, 7) is 6.74. The number of carbonyl (C=O) groups excluding carboxylic acids is 1. The zero-order chi connectivity index (χ0) is 24.5. The highest BCUT2D eigenvalue weighted by Gasteiger charge is 2.35. The second kappa shape index (κ2) is 9.46. The molecular weight excluding hydrogens is 450 g/mol. The van der Waals surface area contributed by atoms with Crippen LogP contribution in [0.4, 0.5) is 5.69 Å². The Labute approximate surface area is 201 Å². The third-order valence-corrected chi connectivity index (χ3v) is 9.81. The van der Waals surface area contributed by atoms with Crippen LogP contribution >= 0.6 is 0 Å². The number of ether oxygens (including phenoxy) is 4. The molecule has 34 heavy (non-hydrogen) atoms. The van der Waals surface area contributed by atoms with Crippen LogP contribution in [0.3, 0.4) is 0 Å². The van der Waals surface area contributed by atoms with Gasteiger partial charge >= 0.3 is 0 Å². The Morgan fingerprint density at radius 1 is 1.00 bits per heavy atom. The molecule has 2 aromatic carbocycles. The summed E-state index contributed by atoms with van der Waals surface area (Å²) in [5, 5.41) is 4.12. The predicted octanol–water partition coefficient (Wildman–Crippen LogP) is 5.52. The van der Waals surface area contributed by atoms with E-state index in [-0.39, 0.29) is 11.7 Å². The quantitative estimate of drug-likeness (QED) is 0.448. The van der Waals surface area contributed by atoms with Crippen LogP contribution in [0.1, 0.15) is 28.1 Å². The molecule has 0 radical (unpaired) electrons. The van der Waals surface area contributed by atoms with Gasteiger partial charge in [0.2, 0.25) is 0 Å². The summed E-state index contributed by atoms with van der Waals surface area (Å²) in [6.07, 6.45) is 2.27. The lowest BCUT2D eigenvalue weighted by Crippen LogP contribution is -2.47. The number of para-hydroxylation sites is 1. The van der Waals surface area contributed by atoms with Gasteiger partial charge in [-0.25, -0.2) is 0 Å². The number of nitrogens with one attached hydrogen (secondary N) is 1. The molecule has 3 aromatic rings. The fourth-order valence-corrected chi connectivity index (χ4v) is 7.90. The van der Waals surface area contributed by atoms with E-state index in [1.54, 1.807) is 37.4 Å². The monoisotopic (exact) mass is 481 g/mol. The normalized spacial score (nSPS) is 14.2. The smallest absolute Gasteiger partial charge is 0.291 e. The molecule has 7 nitrogen and oxygen atoms in total. The predicted molar refractivity (Wildman–Crippen MR) is 134 cm³/mol. The maximum Gasteiger partial charge on any atom is 0.291 e. The first-order chi connectivity index (χ1) is 16.3. The molecule has 0 aliphatic carbocycles. The SMILES string of the molecule is COc1cccc(OC)c1NC(=O)c1ccc(Oc2c(C)cc3c(c2OC)[Si](C)(C)CCC3)o1. The minimum absolute atomic E-state index is 0.104. The molecule has 0 atom stereocenters. The van der Waals surface area contributed by atoms with E-state index >= 15 is 0 Å². The fourth-order valence-electron chi connectivity index (χ4n) is 4.69. The molecule has 8 heteroatoms. The van der Waals surface area contributed by atoms with E-state index in [1.165, 1.54) is 37.4 Å². The Kier molecular flexibility index (Phi) is 6.61. The highest BCUT2D eigenvalue weighted by Crippen LogP contribution is 2.40. The lowest BCUT2D eigenvalue weighted by molar-refractivity contribution is 0.0991. The number of methoxy groups -OCH3 is 3. The van der Waals surface area contributed by atoms with Crippen molar-refractivity contribution in [2.45, 2.75) is 38.9 Å². The van der Waals surface area contributed by atoms with Gasteiger partial charge in [-0.1, -0.05) is 37.7 Å². The van der Waals surface area contributed by atoms with Gasteiger partial charge in [0.15, 0.2) is 17.3 Å². The van der Waals surface area contributed by atoms with Crippen molar-refractivity contribution in [2.75, 3.05) is 26.6 Å². The average molecular weight is 482 g/mol. The molecule has 0 unspecified atom stereocenters. The molecule has 1 aromatic heterocycles. The van der Waals surface area contributed by atoms with Gasteiger partial charge in [-0.3, -0.25) is 4.79 Å². The minimum Gasteiger partial charge on any atom is -0.494 e. The summed E-state index contributed by atoms with van der Waals surface area (Å²) in [6, 6.07) is 11.9. The van der Waals surface area contributed by atoms with Gasteiger partial charge in [0, 0.05) is 6.07 Å². The Morgan fingerprint density at radius 2 is 1.71 bits per heavy atom. The summed E-state index contributed by atoms with van der Waals surface area (Å²) in [7, 11) is 3.10. The van der Waals surface area contributed by atoms with E-state index in [9.17, 15) is 4.79 Å². The molecule has 1 amide bonds. The standard InChI is InChI=1S/C26H31NO6Si/c1-16-15-17-9-8-14-34(5,6)25(17)24(31-4)23(16)33-21-13-12-20(32-21)26(28)27-22-18(29-2)10-7-11-19(22)30-3/h7,10-13,15H,8-9,14H2,1-6H3,(H,27,28). The Balaban J connectivity index is 1.62. The molecule has 0 fully saturated rings. The Bertz CT molecular complexity index is 1190. The number of rotatable bonds is 7. The summed E-state index contributed by atoms with van der Waals surface area (Å²) >= 11 is 0. The number of hydrogen-bond acceptors (Lipinski definition) is 6. The largest absolute Gasteiger partial charge is 0.494 e. The van der Waals surface area contributed by atoms with Crippen molar-refractivity contribution in [2.24, 2.45) is 0 Å². The van der Waals surface area contributed by atoms with Crippen LogP contribution in [0.15, 0.2) is 40.8 Å². The molecule has 4 rings (SSSR count). The van der Waals surface area contributed by atoms with Crippen molar-refractivity contribution in [1.82, 2.24) is 0 Å². The molecule has 1 aliphatic rings. The minimum atomic E-state index is -1.65. The summed E-state index contributed by atoms with van der Waals surface area (Å²) in [5.74, 6) is 2.26. The van der Waals surface area contributed by atoms with Crippen molar-refractivity contribution in [3.63, 3.8) is 0 Å². The van der Waals surface area contributed by atoms with Crippen LogP contribution in [0.5, 0.6) is 28.9 Å². The van der Waals surface area contributed by atoms with Gasteiger partial charge in [-0.15, -0.1) is 0 Å². The van der Waals surface area contributed by atoms with Crippen LogP contribution in [0, 0.1) is 6.92 Å². The number of carbonyl (C=O) groups is 1. The number of benzene rings is 2. The second-order valence-corrected chi connectivity index (χ2v) is 13.8. The first-order valence-electron chi connectivity index (χ1n) is 11.3. The lowest BCUT2D eigenvalue weighted by Gasteiger charge is -2.33. The first kappa shape index (κ1) is 23.8. The van der Waals surface area contributed by atoms with Crippen molar-refractivity contribution >= 4 is 24.9 Å². The average Bonchev–Trinajstić information content (AvgIpc) is 3.28. The number of furan rings is 1. The molecule has 1 N–H and O–H groups in total. The fraction of sp³-hybridized carbons (Fsp3) is 0.346. The van der Waals surface area contributed by atoms with Gasteiger partial charge in [0.05, 0.1) is 29.4 Å². The third kappa shape index (κ3) is 4.37. The molecule has 2 heterocycles. The van der Waals surface area contributed by atoms with Gasteiger partial charge < -0.3 is 28.7 Å². The number of fused-ring (bicyclic) bond motifs is 1.